The Labute approximate surface area is 122 Å². The summed E-state index contributed by atoms with van der Waals surface area (Å²) in [6.07, 6.45) is 18.3. The van der Waals surface area contributed by atoms with Crippen LogP contribution in [0.3, 0.4) is 0 Å². The first-order valence-corrected chi connectivity index (χ1v) is 8.94. The van der Waals surface area contributed by atoms with Crippen LogP contribution >= 0.6 is 0 Å². The molecule has 0 saturated heterocycles. The molecule has 116 valence electrons. The molecule has 0 heterocycles. The van der Waals surface area contributed by atoms with Gasteiger partial charge in [-0.15, -0.1) is 0 Å². The lowest BCUT2D eigenvalue weighted by molar-refractivity contribution is 0.438. The molecule has 1 atom stereocenters. The molecule has 0 aliphatic rings. The molecule has 19 heavy (non-hydrogen) atoms. The molecular weight excluding hydrogens is 230 g/mol. The summed E-state index contributed by atoms with van der Waals surface area (Å²) in [5.41, 5.74) is 6.05. The maximum Gasteiger partial charge on any atom is 0.00618 e. The topological polar surface area (TPSA) is 26.0 Å². The fourth-order valence-electron chi connectivity index (χ4n) is 2.55. The average Bonchev–Trinajstić information content (AvgIpc) is 2.39. The van der Waals surface area contributed by atoms with E-state index in [0.29, 0.717) is 12.0 Å². The zero-order chi connectivity index (χ0) is 14.3. The minimum absolute atomic E-state index is 0.420. The van der Waals surface area contributed by atoms with E-state index in [4.69, 9.17) is 5.73 Å². The second-order valence-corrected chi connectivity index (χ2v) is 6.59. The Balaban J connectivity index is 3.03. The molecule has 0 amide bonds. The van der Waals surface area contributed by atoms with E-state index in [-0.39, 0.29) is 0 Å². The standard InChI is InChI=1S/C18H39N/c1-4-5-6-7-8-9-10-11-12-13-14-15-16-18(19)17(2)3/h17-18H,4-16,19H2,1-3H3. The first-order chi connectivity index (χ1) is 9.18. The zero-order valence-corrected chi connectivity index (χ0v) is 13.9. The van der Waals surface area contributed by atoms with Crippen molar-refractivity contribution in [3.05, 3.63) is 0 Å². The number of nitrogens with two attached hydrogens (primary N) is 1. The minimum Gasteiger partial charge on any atom is -0.327 e. The van der Waals surface area contributed by atoms with Gasteiger partial charge in [0.15, 0.2) is 0 Å². The SMILES string of the molecule is CCCCCCCCCCCCCCC(N)C(C)C. The molecule has 0 fully saturated rings. The molecular formula is C18H39N. The summed E-state index contributed by atoms with van der Waals surface area (Å²) in [5, 5.41) is 0. The normalized spacial score (nSPS) is 13.1. The molecule has 1 heteroatoms. The summed E-state index contributed by atoms with van der Waals surface area (Å²) in [4.78, 5) is 0. The highest BCUT2D eigenvalue weighted by atomic mass is 14.6. The third-order valence-corrected chi connectivity index (χ3v) is 4.25. The van der Waals surface area contributed by atoms with E-state index in [1.807, 2.05) is 0 Å². The van der Waals surface area contributed by atoms with Crippen molar-refractivity contribution < 1.29 is 0 Å². The van der Waals surface area contributed by atoms with Gasteiger partial charge in [0.2, 0.25) is 0 Å². The van der Waals surface area contributed by atoms with Crippen LogP contribution in [0.5, 0.6) is 0 Å². The molecule has 2 N–H and O–H groups in total. The lowest BCUT2D eigenvalue weighted by Gasteiger charge is -2.14. The quantitative estimate of drug-likeness (QED) is 0.381. The molecule has 0 spiro atoms. The van der Waals surface area contributed by atoms with Gasteiger partial charge in [-0.05, 0) is 12.3 Å². The molecule has 0 aromatic heterocycles. The number of hydrogen-bond donors (Lipinski definition) is 1. The maximum absolute atomic E-state index is 6.05. The fraction of sp³-hybridized carbons (Fsp3) is 1.00. The van der Waals surface area contributed by atoms with Crippen LogP contribution in [0.15, 0.2) is 0 Å². The van der Waals surface area contributed by atoms with Crippen molar-refractivity contribution in [2.45, 2.75) is 110 Å². The zero-order valence-electron chi connectivity index (χ0n) is 13.9. The van der Waals surface area contributed by atoms with E-state index in [9.17, 15) is 0 Å². The van der Waals surface area contributed by atoms with Gasteiger partial charge in [-0.1, -0.05) is 97.8 Å². The number of hydrogen-bond acceptors (Lipinski definition) is 1. The molecule has 1 unspecified atom stereocenters. The van der Waals surface area contributed by atoms with E-state index in [1.54, 1.807) is 0 Å². The Kier molecular flexibility index (Phi) is 14.3. The van der Waals surface area contributed by atoms with Gasteiger partial charge in [0, 0.05) is 6.04 Å². The summed E-state index contributed by atoms with van der Waals surface area (Å²) >= 11 is 0. The first-order valence-electron chi connectivity index (χ1n) is 8.94. The van der Waals surface area contributed by atoms with Crippen LogP contribution in [0.1, 0.15) is 104 Å². The molecule has 0 bridgehead atoms. The molecule has 0 aromatic carbocycles. The Morgan fingerprint density at radius 3 is 1.37 bits per heavy atom. The van der Waals surface area contributed by atoms with Gasteiger partial charge in [-0.3, -0.25) is 0 Å². The molecule has 0 rings (SSSR count). The highest BCUT2D eigenvalue weighted by Crippen LogP contribution is 2.14. The highest BCUT2D eigenvalue weighted by molar-refractivity contribution is 4.64. The highest BCUT2D eigenvalue weighted by Gasteiger charge is 2.06. The van der Waals surface area contributed by atoms with Crippen LogP contribution in [0.2, 0.25) is 0 Å². The molecule has 0 aromatic rings. The van der Waals surface area contributed by atoms with Crippen molar-refractivity contribution in [1.29, 1.82) is 0 Å². The van der Waals surface area contributed by atoms with Crippen molar-refractivity contribution >= 4 is 0 Å². The van der Waals surface area contributed by atoms with E-state index in [2.05, 4.69) is 20.8 Å². The summed E-state index contributed by atoms with van der Waals surface area (Å²) in [7, 11) is 0. The van der Waals surface area contributed by atoms with Crippen molar-refractivity contribution in [3.8, 4) is 0 Å². The summed E-state index contributed by atoms with van der Waals surface area (Å²) in [6, 6.07) is 0.420. The van der Waals surface area contributed by atoms with Crippen LogP contribution in [0.25, 0.3) is 0 Å². The van der Waals surface area contributed by atoms with E-state index in [1.165, 1.54) is 83.5 Å². The number of unbranched alkanes of at least 4 members (excludes halogenated alkanes) is 11. The third kappa shape index (κ3) is 14.2. The summed E-state index contributed by atoms with van der Waals surface area (Å²) < 4.78 is 0. The predicted octanol–water partition coefficient (Wildman–Crippen LogP) is 6.06. The van der Waals surface area contributed by atoms with Crippen LogP contribution in [0, 0.1) is 5.92 Å². The predicted molar refractivity (Wildman–Crippen MR) is 88.5 cm³/mol. The monoisotopic (exact) mass is 269 g/mol. The fourth-order valence-corrected chi connectivity index (χ4v) is 2.55. The van der Waals surface area contributed by atoms with Gasteiger partial charge in [-0.25, -0.2) is 0 Å². The maximum atomic E-state index is 6.05. The Bertz CT molecular complexity index is 165. The van der Waals surface area contributed by atoms with E-state index < -0.39 is 0 Å². The second-order valence-electron chi connectivity index (χ2n) is 6.59. The van der Waals surface area contributed by atoms with Crippen molar-refractivity contribution in [1.82, 2.24) is 0 Å². The summed E-state index contributed by atoms with van der Waals surface area (Å²) in [6.45, 7) is 6.74. The molecule has 0 aliphatic heterocycles. The van der Waals surface area contributed by atoms with Gasteiger partial charge in [0.05, 0.1) is 0 Å². The van der Waals surface area contributed by atoms with Crippen LogP contribution in [0.4, 0.5) is 0 Å². The van der Waals surface area contributed by atoms with Crippen molar-refractivity contribution in [3.63, 3.8) is 0 Å². The van der Waals surface area contributed by atoms with Gasteiger partial charge < -0.3 is 5.73 Å². The second kappa shape index (κ2) is 14.4. The van der Waals surface area contributed by atoms with Gasteiger partial charge in [0.25, 0.3) is 0 Å². The lowest BCUT2D eigenvalue weighted by Crippen LogP contribution is -2.25. The largest absolute Gasteiger partial charge is 0.327 e. The van der Waals surface area contributed by atoms with Crippen LogP contribution in [-0.4, -0.2) is 6.04 Å². The minimum atomic E-state index is 0.420. The third-order valence-electron chi connectivity index (χ3n) is 4.25. The first kappa shape index (κ1) is 19.0. The van der Waals surface area contributed by atoms with Crippen molar-refractivity contribution in [2.24, 2.45) is 11.7 Å². The van der Waals surface area contributed by atoms with Gasteiger partial charge >= 0.3 is 0 Å². The Morgan fingerprint density at radius 2 is 1.00 bits per heavy atom. The van der Waals surface area contributed by atoms with Gasteiger partial charge in [0.1, 0.15) is 0 Å². The molecule has 0 aliphatic carbocycles. The Hall–Kier alpha value is -0.0400. The number of rotatable bonds is 14. The van der Waals surface area contributed by atoms with Crippen LogP contribution < -0.4 is 5.73 Å². The van der Waals surface area contributed by atoms with Crippen molar-refractivity contribution in [2.75, 3.05) is 0 Å². The molecule has 0 radical (unpaired) electrons. The lowest BCUT2D eigenvalue weighted by atomic mass is 9.98. The van der Waals surface area contributed by atoms with E-state index in [0.717, 1.165) is 0 Å². The smallest absolute Gasteiger partial charge is 0.00618 e. The average molecular weight is 270 g/mol. The Morgan fingerprint density at radius 1 is 0.632 bits per heavy atom. The van der Waals surface area contributed by atoms with E-state index >= 15 is 0 Å². The molecule has 0 saturated carbocycles. The molecule has 1 nitrogen and oxygen atoms in total. The summed E-state index contributed by atoms with van der Waals surface area (Å²) in [5.74, 6) is 0.646. The van der Waals surface area contributed by atoms with Crippen LogP contribution in [-0.2, 0) is 0 Å². The van der Waals surface area contributed by atoms with Gasteiger partial charge in [-0.2, -0.15) is 0 Å².